The third-order valence-corrected chi connectivity index (χ3v) is 8.02. The smallest absolute Gasteiger partial charge is 0.123 e. The maximum absolute atomic E-state index is 13.3. The van der Waals surface area contributed by atoms with E-state index >= 15 is 0 Å². The Bertz CT molecular complexity index is 948. The van der Waals surface area contributed by atoms with Crippen LogP contribution >= 0.6 is 0 Å². The van der Waals surface area contributed by atoms with Crippen molar-refractivity contribution < 1.29 is 14.2 Å². The van der Waals surface area contributed by atoms with Crippen molar-refractivity contribution in [2.75, 3.05) is 7.11 Å². The maximum atomic E-state index is 13.3. The molecule has 0 bridgehead atoms. The summed E-state index contributed by atoms with van der Waals surface area (Å²) < 4.78 is 18.7. The van der Waals surface area contributed by atoms with E-state index < -0.39 is 6.10 Å². The molecule has 2 fully saturated rings. The molecule has 2 saturated carbocycles. The molecule has 2 aromatic rings. The van der Waals surface area contributed by atoms with Gasteiger partial charge in [-0.3, -0.25) is 0 Å². The van der Waals surface area contributed by atoms with E-state index in [9.17, 15) is 9.50 Å². The molecule has 0 amide bonds. The number of hydrogen-bond acceptors (Lipinski definition) is 2. The Balaban J connectivity index is 1.46. The fraction of sp³-hybridized carbons (Fsp3) is 0.462. The predicted octanol–water partition coefficient (Wildman–Crippen LogP) is 5.74. The highest BCUT2D eigenvalue weighted by Crippen LogP contribution is 2.62. The number of fused-ring (bicyclic) bond motifs is 5. The van der Waals surface area contributed by atoms with Crippen molar-refractivity contribution in [2.24, 2.45) is 17.3 Å². The minimum atomic E-state index is -0.407. The molecule has 0 spiro atoms. The van der Waals surface area contributed by atoms with Crippen LogP contribution in [0.1, 0.15) is 55.2 Å². The van der Waals surface area contributed by atoms with E-state index in [1.54, 1.807) is 19.2 Å². The zero-order valence-corrected chi connectivity index (χ0v) is 17.2. The van der Waals surface area contributed by atoms with Crippen LogP contribution in [0.4, 0.5) is 4.39 Å². The van der Waals surface area contributed by atoms with E-state index in [0.717, 1.165) is 42.6 Å². The van der Waals surface area contributed by atoms with Gasteiger partial charge in [0, 0.05) is 5.41 Å². The summed E-state index contributed by atoms with van der Waals surface area (Å²) in [6.45, 7) is 2.29. The van der Waals surface area contributed by atoms with Gasteiger partial charge >= 0.3 is 0 Å². The van der Waals surface area contributed by atoms with Crippen LogP contribution < -0.4 is 4.74 Å². The molecular formula is C26H29FO2. The average molecular weight is 393 g/mol. The molecule has 29 heavy (non-hydrogen) atoms. The van der Waals surface area contributed by atoms with Crippen molar-refractivity contribution in [3.8, 4) is 5.75 Å². The first-order chi connectivity index (χ1) is 14.0. The van der Waals surface area contributed by atoms with E-state index in [1.165, 1.54) is 29.7 Å². The molecule has 3 aliphatic rings. The van der Waals surface area contributed by atoms with Gasteiger partial charge in [0.2, 0.25) is 0 Å². The number of aliphatic hydroxyl groups is 1. The third kappa shape index (κ3) is 3.02. The Morgan fingerprint density at radius 1 is 1.14 bits per heavy atom. The highest BCUT2D eigenvalue weighted by Gasteiger charge is 2.56. The molecule has 5 atom stereocenters. The lowest BCUT2D eigenvalue weighted by Gasteiger charge is -2.49. The molecule has 3 aliphatic carbocycles. The number of methoxy groups -OCH3 is 1. The van der Waals surface area contributed by atoms with Crippen molar-refractivity contribution in [3.05, 3.63) is 70.5 Å². The highest BCUT2D eigenvalue weighted by atomic mass is 19.1. The Hall–Kier alpha value is -2.13. The van der Waals surface area contributed by atoms with E-state index in [2.05, 4.69) is 31.2 Å². The number of aliphatic hydroxyl groups excluding tert-OH is 1. The molecule has 5 rings (SSSR count). The molecule has 1 N–H and O–H groups in total. The summed E-state index contributed by atoms with van der Waals surface area (Å²) in [7, 11) is 1.73. The number of ether oxygens (including phenoxy) is 1. The minimum Gasteiger partial charge on any atom is -0.497 e. The van der Waals surface area contributed by atoms with Crippen molar-refractivity contribution in [1.82, 2.24) is 0 Å². The number of rotatable bonds is 2. The molecule has 2 aromatic carbocycles. The third-order valence-electron chi connectivity index (χ3n) is 8.02. The summed E-state index contributed by atoms with van der Waals surface area (Å²) in [5, 5.41) is 11.3. The summed E-state index contributed by atoms with van der Waals surface area (Å²) in [6, 6.07) is 13.2. The van der Waals surface area contributed by atoms with Crippen molar-refractivity contribution in [3.63, 3.8) is 0 Å². The summed E-state index contributed by atoms with van der Waals surface area (Å²) in [5.74, 6) is 2.42. The zero-order chi connectivity index (χ0) is 20.2. The number of aryl methyl sites for hydroxylation is 1. The van der Waals surface area contributed by atoms with E-state index in [0.29, 0.717) is 17.8 Å². The topological polar surface area (TPSA) is 29.5 Å². The van der Waals surface area contributed by atoms with Gasteiger partial charge in [0.25, 0.3) is 0 Å². The molecule has 152 valence electrons. The molecule has 0 aliphatic heterocycles. The lowest BCUT2D eigenvalue weighted by molar-refractivity contribution is -0.0158. The Morgan fingerprint density at radius 2 is 1.93 bits per heavy atom. The lowest BCUT2D eigenvalue weighted by atomic mass is 9.55. The lowest BCUT2D eigenvalue weighted by Crippen LogP contribution is -2.44. The summed E-state index contributed by atoms with van der Waals surface area (Å²) in [5.41, 5.74) is 4.96. The average Bonchev–Trinajstić information content (AvgIpc) is 2.99. The Labute approximate surface area is 172 Å². The second-order valence-electron chi connectivity index (χ2n) is 9.40. The fourth-order valence-corrected chi connectivity index (χ4v) is 6.46. The van der Waals surface area contributed by atoms with Crippen molar-refractivity contribution in [2.45, 2.75) is 51.0 Å². The second kappa shape index (κ2) is 6.98. The van der Waals surface area contributed by atoms with Gasteiger partial charge in [0.05, 0.1) is 13.2 Å². The molecule has 0 radical (unpaired) electrons. The van der Waals surface area contributed by atoms with Gasteiger partial charge in [-0.1, -0.05) is 31.2 Å². The van der Waals surface area contributed by atoms with Crippen molar-refractivity contribution in [1.29, 1.82) is 0 Å². The number of hydrogen-bond donors (Lipinski definition) is 1. The van der Waals surface area contributed by atoms with E-state index in [1.807, 2.05) is 0 Å². The quantitative estimate of drug-likeness (QED) is 0.706. The van der Waals surface area contributed by atoms with Crippen LogP contribution in [0, 0.1) is 23.1 Å². The second-order valence-corrected chi connectivity index (χ2v) is 9.40. The number of benzene rings is 2. The first kappa shape index (κ1) is 18.9. The van der Waals surface area contributed by atoms with Crippen LogP contribution in [-0.2, 0) is 6.42 Å². The van der Waals surface area contributed by atoms with Crippen molar-refractivity contribution >= 4 is 6.08 Å². The standard InChI is InChI=1S/C26H29FO2/c1-26-12-11-22-21-10-8-20(29-2)14-17(21)5-9-23(22)24(26)15-18(25(26)28)13-16-3-6-19(27)7-4-16/h3-4,6-8,10,13-14,22-25,28H,5,9,11-12,15H2,1-2H3/b18-13+/t22-,23+,24+,25+,26+/m1/s1. The molecule has 0 saturated heterocycles. The van der Waals surface area contributed by atoms with Gasteiger partial charge in [0.15, 0.2) is 0 Å². The largest absolute Gasteiger partial charge is 0.497 e. The first-order valence-electron chi connectivity index (χ1n) is 10.8. The summed E-state index contributed by atoms with van der Waals surface area (Å²) >= 11 is 0. The van der Waals surface area contributed by atoms with E-state index in [-0.39, 0.29) is 11.2 Å². The van der Waals surface area contributed by atoms with Crippen LogP contribution in [0.15, 0.2) is 48.0 Å². The molecule has 0 unspecified atom stereocenters. The molecule has 0 aromatic heterocycles. The normalized spacial score (nSPS) is 34.4. The molecule has 0 heterocycles. The summed E-state index contributed by atoms with van der Waals surface area (Å²) in [4.78, 5) is 0. The maximum Gasteiger partial charge on any atom is 0.123 e. The van der Waals surface area contributed by atoms with Gasteiger partial charge in [0.1, 0.15) is 11.6 Å². The predicted molar refractivity (Wildman–Crippen MR) is 113 cm³/mol. The van der Waals surface area contributed by atoms with E-state index in [4.69, 9.17) is 4.74 Å². The van der Waals surface area contributed by atoms with Gasteiger partial charge < -0.3 is 9.84 Å². The van der Waals surface area contributed by atoms with Gasteiger partial charge in [-0.25, -0.2) is 4.39 Å². The Kier molecular flexibility index (Phi) is 4.54. The zero-order valence-electron chi connectivity index (χ0n) is 17.2. The highest BCUT2D eigenvalue weighted by molar-refractivity contribution is 5.55. The SMILES string of the molecule is COc1ccc2c(c1)CC[C@H]1[C@@H]2CC[C@]2(C)[C@@H](O)/C(=C/c3ccc(F)cc3)C[C@@H]12. The number of halogens is 1. The molecule has 3 heteroatoms. The van der Waals surface area contributed by atoms with Crippen LogP contribution in [0.25, 0.3) is 6.08 Å². The van der Waals surface area contributed by atoms with Gasteiger partial charge in [-0.05, 0) is 96.4 Å². The summed E-state index contributed by atoms with van der Waals surface area (Å²) in [6.07, 6.45) is 7.08. The Morgan fingerprint density at radius 3 is 2.69 bits per heavy atom. The fourth-order valence-electron chi connectivity index (χ4n) is 6.46. The molecule has 2 nitrogen and oxygen atoms in total. The van der Waals surface area contributed by atoms with Crippen LogP contribution in [0.3, 0.4) is 0 Å². The molecular weight excluding hydrogens is 363 g/mol. The monoisotopic (exact) mass is 392 g/mol. The minimum absolute atomic E-state index is 0.0585. The van der Waals surface area contributed by atoms with Gasteiger partial charge in [-0.2, -0.15) is 0 Å². The van der Waals surface area contributed by atoms with Crippen LogP contribution in [0.5, 0.6) is 5.75 Å². The first-order valence-corrected chi connectivity index (χ1v) is 10.8. The van der Waals surface area contributed by atoms with Crippen LogP contribution in [0.2, 0.25) is 0 Å². The van der Waals surface area contributed by atoms with Crippen LogP contribution in [-0.4, -0.2) is 18.3 Å². The van der Waals surface area contributed by atoms with Gasteiger partial charge in [-0.15, -0.1) is 0 Å².